The number of ether oxygens (including phenoxy) is 2. The Balaban J connectivity index is 1.44. The second kappa shape index (κ2) is 8.16. The van der Waals surface area contributed by atoms with E-state index in [0.29, 0.717) is 19.1 Å². The fourth-order valence-electron chi connectivity index (χ4n) is 4.32. The molecular weight excluding hydrogens is 368 g/mol. The van der Waals surface area contributed by atoms with Crippen LogP contribution in [0.3, 0.4) is 0 Å². The Kier molecular flexibility index (Phi) is 5.61. The minimum atomic E-state index is -0.513. The van der Waals surface area contributed by atoms with Gasteiger partial charge in [0.2, 0.25) is 0 Å². The molecule has 1 atom stereocenters. The van der Waals surface area contributed by atoms with E-state index in [1.165, 1.54) is 0 Å². The summed E-state index contributed by atoms with van der Waals surface area (Å²) in [6.45, 7) is 7.30. The molecule has 7 nitrogen and oxygen atoms in total. The predicted molar refractivity (Wildman–Crippen MR) is 110 cm³/mol. The third-order valence-electron chi connectivity index (χ3n) is 6.11. The first-order chi connectivity index (χ1) is 14.0. The van der Waals surface area contributed by atoms with Gasteiger partial charge in [0.25, 0.3) is 5.91 Å². The lowest BCUT2D eigenvalue weighted by molar-refractivity contribution is -0.174. The number of methoxy groups -OCH3 is 1. The van der Waals surface area contributed by atoms with Gasteiger partial charge in [0.05, 0.1) is 13.7 Å². The van der Waals surface area contributed by atoms with Gasteiger partial charge in [-0.15, -0.1) is 0 Å². The van der Waals surface area contributed by atoms with E-state index in [4.69, 9.17) is 9.47 Å². The van der Waals surface area contributed by atoms with Crippen LogP contribution >= 0.6 is 0 Å². The second-order valence-corrected chi connectivity index (χ2v) is 8.20. The summed E-state index contributed by atoms with van der Waals surface area (Å²) in [5.74, 6) is 1.68. The van der Waals surface area contributed by atoms with Crippen LogP contribution in [0.2, 0.25) is 0 Å². The van der Waals surface area contributed by atoms with Gasteiger partial charge in [0.1, 0.15) is 17.2 Å². The number of rotatable bonds is 5. The second-order valence-electron chi connectivity index (χ2n) is 8.20. The number of amides is 1. The Bertz CT molecular complexity index is 838. The zero-order valence-corrected chi connectivity index (χ0v) is 17.4. The van der Waals surface area contributed by atoms with Gasteiger partial charge in [-0.3, -0.25) is 4.79 Å². The smallest absolute Gasteiger partial charge is 0.251 e. The van der Waals surface area contributed by atoms with Crippen molar-refractivity contribution in [2.24, 2.45) is 0 Å². The number of likely N-dealkylation sites (tertiary alicyclic amines) is 1. The third-order valence-corrected chi connectivity index (χ3v) is 6.11. The molecular formula is C22H30N4O3. The predicted octanol–water partition coefficient (Wildman–Crippen LogP) is 2.31. The van der Waals surface area contributed by atoms with Crippen molar-refractivity contribution in [2.75, 3.05) is 20.2 Å². The summed E-state index contributed by atoms with van der Waals surface area (Å²) < 4.78 is 13.7. The highest BCUT2D eigenvalue weighted by Crippen LogP contribution is 2.40. The minimum absolute atomic E-state index is 0.0779. The van der Waals surface area contributed by atoms with Gasteiger partial charge in [-0.05, 0) is 44.4 Å². The zero-order valence-electron chi connectivity index (χ0n) is 17.4. The molecule has 2 aliphatic heterocycles. The number of piperidine rings is 1. The molecule has 1 saturated heterocycles. The average Bonchev–Trinajstić information content (AvgIpc) is 3.22. The van der Waals surface area contributed by atoms with Crippen LogP contribution in [-0.2, 0) is 28.2 Å². The molecule has 0 radical (unpaired) electrons. The van der Waals surface area contributed by atoms with Gasteiger partial charge in [-0.2, -0.15) is 0 Å². The first kappa shape index (κ1) is 19.9. The molecule has 1 N–H and O–H groups in total. The summed E-state index contributed by atoms with van der Waals surface area (Å²) >= 11 is 0. The Hall–Kier alpha value is -2.38. The molecule has 3 heterocycles. The first-order valence-corrected chi connectivity index (χ1v) is 10.3. The number of nitrogens with one attached hydrogen (secondary N) is 1. The fourth-order valence-corrected chi connectivity index (χ4v) is 4.32. The van der Waals surface area contributed by atoms with Gasteiger partial charge in [0.15, 0.2) is 6.10 Å². The van der Waals surface area contributed by atoms with E-state index in [0.717, 1.165) is 43.1 Å². The van der Waals surface area contributed by atoms with Crippen LogP contribution in [0.15, 0.2) is 36.7 Å². The minimum Gasteiger partial charge on any atom is -0.497 e. The Morgan fingerprint density at radius 1 is 1.31 bits per heavy atom. The van der Waals surface area contributed by atoms with Crippen LogP contribution in [0.5, 0.6) is 5.75 Å². The summed E-state index contributed by atoms with van der Waals surface area (Å²) in [5, 5.41) is 3.03. The molecule has 0 saturated carbocycles. The monoisotopic (exact) mass is 398 g/mol. The van der Waals surface area contributed by atoms with Crippen molar-refractivity contribution in [2.45, 2.75) is 57.5 Å². The topological polar surface area (TPSA) is 68.6 Å². The number of nitrogens with zero attached hydrogens (tertiary/aromatic N) is 3. The maximum atomic E-state index is 12.9. The molecule has 1 aromatic heterocycles. The highest BCUT2D eigenvalue weighted by Gasteiger charge is 2.47. The van der Waals surface area contributed by atoms with Crippen molar-refractivity contribution in [1.82, 2.24) is 19.8 Å². The van der Waals surface area contributed by atoms with E-state index in [2.05, 4.69) is 33.6 Å². The van der Waals surface area contributed by atoms with Crippen LogP contribution in [0.25, 0.3) is 0 Å². The standard InChI is InChI=1S/C22H30N4O3/c1-16(2)25-11-8-22(9-12-25)21-23-10-13-26(21)15-19(29-22)20(27)24-14-17-4-6-18(28-3)7-5-17/h4-7,10,13,16,19H,8-9,11-12,14-15H2,1-3H3,(H,24,27). The van der Waals surface area contributed by atoms with Gasteiger partial charge in [-0.25, -0.2) is 4.98 Å². The lowest BCUT2D eigenvalue weighted by Crippen LogP contribution is -2.54. The first-order valence-electron chi connectivity index (χ1n) is 10.3. The van der Waals surface area contributed by atoms with Crippen molar-refractivity contribution in [3.05, 3.63) is 48.0 Å². The lowest BCUT2D eigenvalue weighted by atomic mass is 9.88. The number of carbonyl (C=O) groups is 1. The van der Waals surface area contributed by atoms with E-state index in [1.54, 1.807) is 7.11 Å². The van der Waals surface area contributed by atoms with Crippen LogP contribution in [0, 0.1) is 0 Å². The van der Waals surface area contributed by atoms with Gasteiger partial charge in [0, 0.05) is 38.1 Å². The molecule has 2 aromatic rings. The molecule has 0 bridgehead atoms. The van der Waals surface area contributed by atoms with E-state index < -0.39 is 11.7 Å². The van der Waals surface area contributed by atoms with E-state index in [-0.39, 0.29) is 5.91 Å². The molecule has 1 unspecified atom stereocenters. The molecule has 4 rings (SSSR count). The number of aromatic nitrogens is 2. The number of hydrogen-bond acceptors (Lipinski definition) is 5. The van der Waals surface area contributed by atoms with Crippen molar-refractivity contribution in [1.29, 1.82) is 0 Å². The van der Waals surface area contributed by atoms with Crippen molar-refractivity contribution < 1.29 is 14.3 Å². The summed E-state index contributed by atoms with van der Waals surface area (Å²) in [4.78, 5) is 20.0. The summed E-state index contributed by atoms with van der Waals surface area (Å²) in [6, 6.07) is 8.22. The number of hydrogen-bond donors (Lipinski definition) is 1. The Labute approximate surface area is 172 Å². The van der Waals surface area contributed by atoms with E-state index in [9.17, 15) is 4.79 Å². The average molecular weight is 399 g/mol. The normalized spacial score (nSPS) is 21.2. The molecule has 1 fully saturated rings. The molecule has 29 heavy (non-hydrogen) atoms. The van der Waals surface area contributed by atoms with Crippen LogP contribution < -0.4 is 10.1 Å². The van der Waals surface area contributed by atoms with Crippen molar-refractivity contribution in [3.8, 4) is 5.75 Å². The largest absolute Gasteiger partial charge is 0.497 e. The van der Waals surface area contributed by atoms with Gasteiger partial charge < -0.3 is 24.3 Å². The highest BCUT2D eigenvalue weighted by molar-refractivity contribution is 5.81. The summed E-state index contributed by atoms with van der Waals surface area (Å²) in [7, 11) is 1.64. The number of imidazole rings is 1. The van der Waals surface area contributed by atoms with E-state index >= 15 is 0 Å². The maximum Gasteiger partial charge on any atom is 0.251 e. The van der Waals surface area contributed by atoms with Gasteiger partial charge in [-0.1, -0.05) is 12.1 Å². The number of carbonyl (C=O) groups excluding carboxylic acids is 1. The molecule has 1 aromatic carbocycles. The van der Waals surface area contributed by atoms with Crippen molar-refractivity contribution in [3.63, 3.8) is 0 Å². The molecule has 156 valence electrons. The highest BCUT2D eigenvalue weighted by atomic mass is 16.5. The van der Waals surface area contributed by atoms with E-state index in [1.807, 2.05) is 36.7 Å². The molecule has 0 aliphatic carbocycles. The van der Waals surface area contributed by atoms with Crippen LogP contribution in [-0.4, -0.2) is 52.7 Å². The Morgan fingerprint density at radius 2 is 2.03 bits per heavy atom. The summed E-state index contributed by atoms with van der Waals surface area (Å²) in [6.07, 6.45) is 4.96. The molecule has 2 aliphatic rings. The van der Waals surface area contributed by atoms with Gasteiger partial charge >= 0.3 is 0 Å². The zero-order chi connectivity index (χ0) is 20.4. The Morgan fingerprint density at radius 3 is 2.69 bits per heavy atom. The molecule has 1 amide bonds. The van der Waals surface area contributed by atoms with Crippen LogP contribution in [0.1, 0.15) is 38.1 Å². The van der Waals surface area contributed by atoms with Crippen LogP contribution in [0.4, 0.5) is 0 Å². The summed E-state index contributed by atoms with van der Waals surface area (Å²) in [5.41, 5.74) is 0.549. The molecule has 7 heteroatoms. The fraction of sp³-hybridized carbons (Fsp3) is 0.545. The third kappa shape index (κ3) is 4.02. The van der Waals surface area contributed by atoms with Crippen molar-refractivity contribution >= 4 is 5.91 Å². The maximum absolute atomic E-state index is 12.9. The number of benzene rings is 1. The quantitative estimate of drug-likeness (QED) is 0.837. The SMILES string of the molecule is COc1ccc(CNC(=O)C2Cn3ccnc3C3(CCN(C(C)C)CC3)O2)cc1. The number of fused-ring (bicyclic) bond motifs is 2. The molecule has 1 spiro atoms. The lowest BCUT2D eigenvalue weighted by Gasteiger charge is -2.46.